The van der Waals surface area contributed by atoms with Gasteiger partial charge in [-0.1, -0.05) is 25.0 Å². The summed E-state index contributed by atoms with van der Waals surface area (Å²) in [7, 11) is -3.46. The highest BCUT2D eigenvalue weighted by molar-refractivity contribution is 7.89. The quantitative estimate of drug-likeness (QED) is 0.653. The predicted octanol–water partition coefficient (Wildman–Crippen LogP) is 4.38. The predicted molar refractivity (Wildman–Crippen MR) is 116 cm³/mol. The van der Waals surface area contributed by atoms with Crippen LogP contribution in [-0.4, -0.2) is 38.3 Å². The van der Waals surface area contributed by atoms with Crippen LogP contribution < -0.4 is 4.90 Å². The van der Waals surface area contributed by atoms with Crippen LogP contribution in [0.4, 0.5) is 10.1 Å². The zero-order valence-corrected chi connectivity index (χ0v) is 18.2. The minimum atomic E-state index is -3.46. The summed E-state index contributed by atoms with van der Waals surface area (Å²) >= 11 is 0. The van der Waals surface area contributed by atoms with Crippen molar-refractivity contribution in [3.8, 4) is 0 Å². The number of rotatable bonds is 7. The maximum Gasteiger partial charge on any atom is 0.243 e. The van der Waals surface area contributed by atoms with Crippen LogP contribution in [0, 0.1) is 5.82 Å². The van der Waals surface area contributed by atoms with Gasteiger partial charge in [-0.2, -0.15) is 4.31 Å². The summed E-state index contributed by atoms with van der Waals surface area (Å²) in [5, 5.41) is 0. The molecule has 1 fully saturated rings. The van der Waals surface area contributed by atoms with E-state index in [1.54, 1.807) is 45.6 Å². The number of carbonyl (C=O) groups is 1. The molecule has 5 nitrogen and oxygen atoms in total. The maximum atomic E-state index is 13.1. The van der Waals surface area contributed by atoms with Gasteiger partial charge < -0.3 is 4.90 Å². The van der Waals surface area contributed by atoms with Gasteiger partial charge in [0.2, 0.25) is 15.9 Å². The number of halogens is 1. The van der Waals surface area contributed by atoms with Crippen molar-refractivity contribution in [1.82, 2.24) is 4.31 Å². The molecule has 2 aromatic carbocycles. The van der Waals surface area contributed by atoms with Gasteiger partial charge in [-0.3, -0.25) is 4.79 Å². The second-order valence-electron chi connectivity index (χ2n) is 7.58. The third-order valence-corrected chi connectivity index (χ3v) is 7.42. The fourth-order valence-electron chi connectivity index (χ4n) is 3.77. The van der Waals surface area contributed by atoms with Crippen LogP contribution in [0.15, 0.2) is 53.4 Å². The molecule has 0 N–H and O–H groups in total. The Morgan fingerprint density at radius 1 is 0.967 bits per heavy atom. The third-order valence-electron chi connectivity index (χ3n) is 5.51. The number of amides is 1. The van der Waals surface area contributed by atoms with Gasteiger partial charge in [0.15, 0.2) is 0 Å². The Labute approximate surface area is 178 Å². The molecule has 30 heavy (non-hydrogen) atoms. The van der Waals surface area contributed by atoms with Crippen LogP contribution in [-0.2, 0) is 21.2 Å². The van der Waals surface area contributed by atoms with Crippen LogP contribution in [0.5, 0.6) is 0 Å². The van der Waals surface area contributed by atoms with Crippen LogP contribution in [0.3, 0.4) is 0 Å². The number of nitrogens with zero attached hydrogens (tertiary/aromatic N) is 2. The van der Waals surface area contributed by atoms with Gasteiger partial charge in [0.1, 0.15) is 5.82 Å². The number of carbonyl (C=O) groups excluding carboxylic acids is 1. The lowest BCUT2D eigenvalue weighted by Gasteiger charge is -2.21. The Bertz CT molecular complexity index is 935. The highest BCUT2D eigenvalue weighted by Gasteiger charge is 2.25. The lowest BCUT2D eigenvalue weighted by atomic mass is 10.1. The summed E-state index contributed by atoms with van der Waals surface area (Å²) in [5.41, 5.74) is 1.58. The summed E-state index contributed by atoms with van der Waals surface area (Å²) in [6, 6.07) is 12.7. The third kappa shape index (κ3) is 5.46. The van der Waals surface area contributed by atoms with E-state index in [1.807, 2.05) is 6.92 Å². The van der Waals surface area contributed by atoms with Crippen molar-refractivity contribution < 1.29 is 17.6 Å². The zero-order chi connectivity index (χ0) is 21.6. The Hall–Kier alpha value is -2.25. The van der Waals surface area contributed by atoms with Crippen molar-refractivity contribution in [3.63, 3.8) is 0 Å². The molecule has 1 saturated heterocycles. The second-order valence-corrected chi connectivity index (χ2v) is 9.51. The summed E-state index contributed by atoms with van der Waals surface area (Å²) in [4.78, 5) is 14.6. The summed E-state index contributed by atoms with van der Waals surface area (Å²) in [6.07, 6.45) is 4.77. The van der Waals surface area contributed by atoms with E-state index >= 15 is 0 Å². The molecule has 0 atom stereocenters. The van der Waals surface area contributed by atoms with Gasteiger partial charge in [-0.05, 0) is 68.1 Å². The molecule has 0 bridgehead atoms. The van der Waals surface area contributed by atoms with E-state index in [0.29, 0.717) is 43.1 Å². The molecule has 0 aliphatic carbocycles. The summed E-state index contributed by atoms with van der Waals surface area (Å²) < 4.78 is 40.4. The van der Waals surface area contributed by atoms with Crippen LogP contribution in [0.25, 0.3) is 0 Å². The fraction of sp³-hybridized carbons (Fsp3) is 0.435. The van der Waals surface area contributed by atoms with Gasteiger partial charge in [0.25, 0.3) is 0 Å². The normalized spacial score (nSPS) is 15.5. The Morgan fingerprint density at radius 3 is 2.13 bits per heavy atom. The molecule has 0 aromatic heterocycles. The minimum Gasteiger partial charge on any atom is -0.313 e. The molecule has 0 radical (unpaired) electrons. The first-order valence-corrected chi connectivity index (χ1v) is 12.0. The average Bonchev–Trinajstić information content (AvgIpc) is 3.05. The standard InChI is InChI=1S/C23H29FN2O3S/c1-2-26(21-12-10-20(24)11-13-21)23(27)16-9-19-7-14-22(15-8-19)30(28,29)25-17-5-3-4-6-18-25/h7-8,10-15H,2-6,9,16-18H2,1H3. The van der Waals surface area contributed by atoms with Gasteiger partial charge in [-0.25, -0.2) is 12.8 Å². The topological polar surface area (TPSA) is 57.7 Å². The van der Waals surface area contributed by atoms with Crippen molar-refractivity contribution >= 4 is 21.6 Å². The molecule has 1 heterocycles. The Kier molecular flexibility index (Phi) is 7.61. The van der Waals surface area contributed by atoms with Gasteiger partial charge in [0, 0.05) is 31.7 Å². The molecular weight excluding hydrogens is 403 g/mol. The minimum absolute atomic E-state index is 0.0506. The molecule has 7 heteroatoms. The molecule has 1 aliphatic rings. The fourth-order valence-corrected chi connectivity index (χ4v) is 5.29. The highest BCUT2D eigenvalue weighted by atomic mass is 32.2. The van der Waals surface area contributed by atoms with Gasteiger partial charge in [-0.15, -0.1) is 0 Å². The smallest absolute Gasteiger partial charge is 0.243 e. The lowest BCUT2D eigenvalue weighted by molar-refractivity contribution is -0.118. The van der Waals surface area contributed by atoms with E-state index in [0.717, 1.165) is 31.2 Å². The maximum absolute atomic E-state index is 13.1. The second kappa shape index (κ2) is 10.2. The first-order valence-electron chi connectivity index (χ1n) is 10.6. The van der Waals surface area contributed by atoms with Crippen molar-refractivity contribution in [1.29, 1.82) is 0 Å². The Balaban J connectivity index is 1.62. The highest BCUT2D eigenvalue weighted by Crippen LogP contribution is 2.21. The van der Waals surface area contributed by atoms with Gasteiger partial charge >= 0.3 is 0 Å². The van der Waals surface area contributed by atoms with Crippen molar-refractivity contribution in [3.05, 3.63) is 59.9 Å². The summed E-state index contributed by atoms with van der Waals surface area (Å²) in [5.74, 6) is -0.386. The summed E-state index contributed by atoms with van der Waals surface area (Å²) in [6.45, 7) is 3.53. The van der Waals surface area contributed by atoms with E-state index in [2.05, 4.69) is 0 Å². The number of sulfonamides is 1. The number of hydrogen-bond acceptors (Lipinski definition) is 3. The molecule has 1 aliphatic heterocycles. The van der Waals surface area contributed by atoms with Crippen LogP contribution in [0.1, 0.15) is 44.6 Å². The molecule has 0 unspecified atom stereocenters. The van der Waals surface area contributed by atoms with E-state index < -0.39 is 10.0 Å². The first kappa shape index (κ1) is 22.4. The molecule has 3 rings (SSSR count). The van der Waals surface area contributed by atoms with E-state index in [-0.39, 0.29) is 11.7 Å². The molecule has 0 spiro atoms. The van der Waals surface area contributed by atoms with E-state index in [4.69, 9.17) is 0 Å². The lowest BCUT2D eigenvalue weighted by Crippen LogP contribution is -2.32. The largest absolute Gasteiger partial charge is 0.313 e. The van der Waals surface area contributed by atoms with Crippen LogP contribution in [0.2, 0.25) is 0 Å². The van der Waals surface area contributed by atoms with E-state index in [9.17, 15) is 17.6 Å². The van der Waals surface area contributed by atoms with Crippen molar-refractivity contribution in [2.45, 2.75) is 50.3 Å². The van der Waals surface area contributed by atoms with Crippen molar-refractivity contribution in [2.75, 3.05) is 24.5 Å². The molecule has 0 saturated carbocycles. The number of aryl methyl sites for hydroxylation is 1. The zero-order valence-electron chi connectivity index (χ0n) is 17.4. The molecule has 2 aromatic rings. The number of hydrogen-bond donors (Lipinski definition) is 0. The molecular formula is C23H29FN2O3S. The monoisotopic (exact) mass is 432 g/mol. The number of benzene rings is 2. The molecule has 162 valence electrons. The molecule has 1 amide bonds. The van der Waals surface area contributed by atoms with Crippen molar-refractivity contribution in [2.24, 2.45) is 0 Å². The number of anilines is 1. The van der Waals surface area contributed by atoms with E-state index in [1.165, 1.54) is 12.1 Å². The SMILES string of the molecule is CCN(C(=O)CCc1ccc(S(=O)(=O)N2CCCCCC2)cc1)c1ccc(F)cc1. The first-order chi connectivity index (χ1) is 14.4. The van der Waals surface area contributed by atoms with Crippen LogP contribution >= 0.6 is 0 Å². The Morgan fingerprint density at radius 2 is 1.57 bits per heavy atom. The van der Waals surface area contributed by atoms with Gasteiger partial charge in [0.05, 0.1) is 4.90 Å². The average molecular weight is 433 g/mol.